The van der Waals surface area contributed by atoms with E-state index in [4.69, 9.17) is 4.74 Å². The van der Waals surface area contributed by atoms with Crippen molar-refractivity contribution in [3.63, 3.8) is 0 Å². The fraction of sp³-hybridized carbons (Fsp3) is 0.458. The van der Waals surface area contributed by atoms with Gasteiger partial charge in [-0.25, -0.2) is 9.79 Å². The number of methoxy groups -OCH3 is 1. The molecule has 1 aliphatic carbocycles. The van der Waals surface area contributed by atoms with E-state index in [0.29, 0.717) is 11.3 Å². The third-order valence-electron chi connectivity index (χ3n) is 6.11. The van der Waals surface area contributed by atoms with Gasteiger partial charge in [0.15, 0.2) is 5.17 Å². The third-order valence-corrected chi connectivity index (χ3v) is 7.00. The molecule has 0 saturated heterocycles. The fourth-order valence-corrected chi connectivity index (χ4v) is 5.46. The van der Waals surface area contributed by atoms with Crippen LogP contribution < -0.4 is 5.32 Å². The number of hydrogen-bond acceptors (Lipinski definition) is 6. The number of allylic oxidation sites excluding steroid dienone is 1. The lowest BCUT2D eigenvalue weighted by molar-refractivity contribution is -0.136. The predicted molar refractivity (Wildman–Crippen MR) is 123 cm³/mol. The number of benzene rings is 1. The number of amides is 1. The minimum Gasteiger partial charge on any atom is -0.466 e. The second kappa shape index (κ2) is 9.30. The Morgan fingerprint density at radius 3 is 2.55 bits per heavy atom. The van der Waals surface area contributed by atoms with Crippen LogP contribution in [-0.4, -0.2) is 35.1 Å². The highest BCUT2D eigenvalue weighted by atomic mass is 32.2. The van der Waals surface area contributed by atoms with Gasteiger partial charge in [-0.2, -0.15) is 0 Å². The van der Waals surface area contributed by atoms with Crippen LogP contribution in [0.5, 0.6) is 0 Å². The van der Waals surface area contributed by atoms with Crippen LogP contribution in [0.25, 0.3) is 0 Å². The van der Waals surface area contributed by atoms with Crippen molar-refractivity contribution in [2.45, 2.75) is 64.5 Å². The van der Waals surface area contributed by atoms with Gasteiger partial charge >= 0.3 is 5.97 Å². The summed E-state index contributed by atoms with van der Waals surface area (Å²) in [5, 5.41) is 5.97. The average molecular weight is 440 g/mol. The molecule has 1 aromatic rings. The molecule has 1 amide bonds. The van der Waals surface area contributed by atoms with Gasteiger partial charge in [-0.1, -0.05) is 60.9 Å². The zero-order valence-corrected chi connectivity index (χ0v) is 19.1. The number of amidine groups is 1. The molecule has 0 spiro atoms. The summed E-state index contributed by atoms with van der Waals surface area (Å²) >= 11 is 1.50. The highest BCUT2D eigenvalue weighted by molar-refractivity contribution is 8.16. The normalized spacial score (nSPS) is 21.4. The highest BCUT2D eigenvalue weighted by Gasteiger charge is 2.41. The van der Waals surface area contributed by atoms with Crippen LogP contribution in [0.3, 0.4) is 0 Å². The van der Waals surface area contributed by atoms with E-state index >= 15 is 0 Å². The number of carbonyl (C=O) groups is 2. The smallest absolute Gasteiger partial charge is 0.338 e. The standard InChI is InChI=1S/C24H29N3O3S/c1-15-9-11-17(12-10-15)22-21(23(29)30-3)16(2)25-24-27(22)19(14-31-24)13-20(28)26-18-7-5-4-6-8-18/h9-12,14,18,22H,4-8,13H2,1-3H3,(H,26,28)/t22-/m0/s1. The number of ether oxygens (including phenoxy) is 1. The Bertz CT molecular complexity index is 959. The van der Waals surface area contributed by atoms with Gasteiger partial charge < -0.3 is 15.0 Å². The van der Waals surface area contributed by atoms with Crippen molar-refractivity contribution in [2.24, 2.45) is 4.99 Å². The van der Waals surface area contributed by atoms with Crippen molar-refractivity contribution in [3.8, 4) is 0 Å². The highest BCUT2D eigenvalue weighted by Crippen LogP contribution is 2.44. The van der Waals surface area contributed by atoms with Gasteiger partial charge in [-0.05, 0) is 37.7 Å². The number of fused-ring (bicyclic) bond motifs is 1. The number of nitrogens with zero attached hydrogens (tertiary/aromatic N) is 2. The first-order valence-electron chi connectivity index (χ1n) is 10.9. The average Bonchev–Trinajstić information content (AvgIpc) is 3.15. The molecule has 0 aromatic heterocycles. The third kappa shape index (κ3) is 4.56. The van der Waals surface area contributed by atoms with Gasteiger partial charge in [0.1, 0.15) is 0 Å². The number of hydrogen-bond donors (Lipinski definition) is 1. The number of nitrogens with one attached hydrogen (secondary N) is 1. The molecule has 1 N–H and O–H groups in total. The number of carbonyl (C=O) groups excluding carboxylic acids is 2. The molecule has 2 aliphatic heterocycles. The largest absolute Gasteiger partial charge is 0.466 e. The Hall–Kier alpha value is -2.54. The van der Waals surface area contributed by atoms with Gasteiger partial charge in [0.2, 0.25) is 5.91 Å². The lowest BCUT2D eigenvalue weighted by Crippen LogP contribution is -2.40. The molecule has 4 rings (SSSR count). The van der Waals surface area contributed by atoms with Crippen LogP contribution in [0.15, 0.2) is 51.6 Å². The summed E-state index contributed by atoms with van der Waals surface area (Å²) in [6.07, 6.45) is 5.97. The van der Waals surface area contributed by atoms with Crippen molar-refractivity contribution in [2.75, 3.05) is 7.11 Å². The summed E-state index contributed by atoms with van der Waals surface area (Å²) in [4.78, 5) is 32.2. The van der Waals surface area contributed by atoms with Crippen LogP contribution in [-0.2, 0) is 14.3 Å². The summed E-state index contributed by atoms with van der Waals surface area (Å²) in [7, 11) is 1.39. The summed E-state index contributed by atoms with van der Waals surface area (Å²) in [5.41, 5.74) is 4.14. The SMILES string of the molecule is COC(=O)C1=C(C)N=C2SC=C(CC(=O)NC3CCCCC3)N2[C@H]1c1ccc(C)cc1. The van der Waals surface area contributed by atoms with E-state index in [1.807, 2.05) is 48.4 Å². The van der Waals surface area contributed by atoms with E-state index < -0.39 is 5.97 Å². The Labute approximate surface area is 187 Å². The minimum atomic E-state index is -0.395. The molecule has 3 aliphatic rings. The fourth-order valence-electron chi connectivity index (χ4n) is 4.50. The molecule has 1 aromatic carbocycles. The zero-order chi connectivity index (χ0) is 22.0. The second-order valence-electron chi connectivity index (χ2n) is 8.37. The summed E-state index contributed by atoms with van der Waals surface area (Å²) in [5.74, 6) is -0.373. The number of aliphatic imine (C=N–C) groups is 1. The molecular weight excluding hydrogens is 410 g/mol. The number of rotatable bonds is 5. The first kappa shape index (κ1) is 21.7. The number of aryl methyl sites for hydroxylation is 1. The van der Waals surface area contributed by atoms with Gasteiger partial charge in [-0.3, -0.25) is 4.79 Å². The Kier molecular flexibility index (Phi) is 6.51. The topological polar surface area (TPSA) is 71.0 Å². The van der Waals surface area contributed by atoms with E-state index in [1.165, 1.54) is 38.1 Å². The van der Waals surface area contributed by atoms with Gasteiger partial charge in [0.25, 0.3) is 0 Å². The lowest BCUT2D eigenvalue weighted by Gasteiger charge is -2.36. The van der Waals surface area contributed by atoms with E-state index in [2.05, 4.69) is 10.3 Å². The Balaban J connectivity index is 1.62. The molecule has 7 heteroatoms. The molecule has 6 nitrogen and oxygen atoms in total. The second-order valence-corrected chi connectivity index (χ2v) is 9.21. The van der Waals surface area contributed by atoms with E-state index in [9.17, 15) is 9.59 Å². The number of esters is 1. The van der Waals surface area contributed by atoms with Crippen molar-refractivity contribution >= 4 is 28.8 Å². The van der Waals surface area contributed by atoms with E-state index in [0.717, 1.165) is 34.8 Å². The van der Waals surface area contributed by atoms with Crippen LogP contribution in [0.1, 0.15) is 62.6 Å². The Morgan fingerprint density at radius 2 is 1.87 bits per heavy atom. The molecule has 31 heavy (non-hydrogen) atoms. The maximum Gasteiger partial charge on any atom is 0.338 e. The zero-order valence-electron chi connectivity index (χ0n) is 18.3. The summed E-state index contributed by atoms with van der Waals surface area (Å²) in [6.45, 7) is 3.87. The molecule has 1 saturated carbocycles. The minimum absolute atomic E-state index is 0.0218. The summed E-state index contributed by atoms with van der Waals surface area (Å²) < 4.78 is 5.10. The van der Waals surface area contributed by atoms with Gasteiger partial charge in [0.05, 0.1) is 30.8 Å². The van der Waals surface area contributed by atoms with Crippen molar-refractivity contribution < 1.29 is 14.3 Å². The molecule has 0 bridgehead atoms. The van der Waals surface area contributed by atoms with E-state index in [1.54, 1.807) is 0 Å². The molecule has 0 unspecified atom stereocenters. The maximum absolute atomic E-state index is 12.8. The Morgan fingerprint density at radius 1 is 1.16 bits per heavy atom. The summed E-state index contributed by atoms with van der Waals surface area (Å²) in [6, 6.07) is 8.03. The van der Waals surface area contributed by atoms with Crippen molar-refractivity contribution in [1.29, 1.82) is 0 Å². The molecule has 1 fully saturated rings. The molecule has 0 radical (unpaired) electrons. The first-order valence-corrected chi connectivity index (χ1v) is 11.7. The predicted octanol–water partition coefficient (Wildman–Crippen LogP) is 4.58. The molecule has 2 heterocycles. The van der Waals surface area contributed by atoms with Crippen LogP contribution in [0, 0.1) is 6.92 Å². The van der Waals surface area contributed by atoms with Gasteiger partial charge in [0, 0.05) is 11.7 Å². The van der Waals surface area contributed by atoms with Crippen LogP contribution in [0.2, 0.25) is 0 Å². The van der Waals surface area contributed by atoms with Crippen molar-refractivity contribution in [3.05, 3.63) is 57.8 Å². The molecule has 164 valence electrons. The van der Waals surface area contributed by atoms with Crippen LogP contribution in [0.4, 0.5) is 0 Å². The van der Waals surface area contributed by atoms with Crippen LogP contribution >= 0.6 is 11.8 Å². The molecule has 1 atom stereocenters. The number of thioether (sulfide) groups is 1. The first-order chi connectivity index (χ1) is 15.0. The van der Waals surface area contributed by atoms with Gasteiger partial charge in [-0.15, -0.1) is 0 Å². The molecular formula is C24H29N3O3S. The van der Waals surface area contributed by atoms with Crippen molar-refractivity contribution in [1.82, 2.24) is 10.2 Å². The van der Waals surface area contributed by atoms with E-state index in [-0.39, 0.29) is 24.4 Å². The maximum atomic E-state index is 12.8. The lowest BCUT2D eigenvalue weighted by atomic mass is 9.93. The monoisotopic (exact) mass is 439 g/mol. The quantitative estimate of drug-likeness (QED) is 0.680.